The third-order valence-electron chi connectivity index (χ3n) is 8.27. The number of halogens is 2. The minimum atomic E-state index is -3.22. The Bertz CT molecular complexity index is 1270. The van der Waals surface area contributed by atoms with Crippen LogP contribution in [-0.4, -0.2) is 28.9 Å². The number of hydrogen-bond acceptors (Lipinski definition) is 5. The Hall–Kier alpha value is -3.60. The van der Waals surface area contributed by atoms with Crippen LogP contribution in [0.15, 0.2) is 48.7 Å². The first-order valence-corrected chi connectivity index (χ1v) is 11.9. The number of cyclic esters (lactones) is 1. The molecule has 36 heavy (non-hydrogen) atoms. The summed E-state index contributed by atoms with van der Waals surface area (Å²) in [6.45, 7) is 6.04. The molecule has 1 saturated heterocycles. The van der Waals surface area contributed by atoms with Crippen LogP contribution in [-0.2, 0) is 14.3 Å². The molecule has 2 aromatic rings. The number of rotatable bonds is 5. The van der Waals surface area contributed by atoms with Crippen molar-refractivity contribution in [2.24, 2.45) is 34.3 Å². The molecular weight excluding hydrogens is 464 g/mol. The number of carbonyl (C=O) groups is 2. The van der Waals surface area contributed by atoms with Gasteiger partial charge >= 0.3 is 5.97 Å². The minimum Gasteiger partial charge on any atom is -0.462 e. The molecule has 0 spiro atoms. The van der Waals surface area contributed by atoms with Crippen LogP contribution in [0.5, 0.6) is 0 Å². The monoisotopic (exact) mass is 493 g/mol. The average molecular weight is 494 g/mol. The highest BCUT2D eigenvalue weighted by atomic mass is 19.3. The molecule has 0 radical (unpaired) electrons. The number of allylic oxidation sites excluding steroid dienone is 1. The van der Waals surface area contributed by atoms with Crippen molar-refractivity contribution in [3.05, 3.63) is 59.9 Å². The number of amides is 1. The Balaban J connectivity index is 1.72. The van der Waals surface area contributed by atoms with Crippen LogP contribution in [0.2, 0.25) is 0 Å². The van der Waals surface area contributed by atoms with Crippen LogP contribution in [0.4, 0.5) is 8.78 Å². The van der Waals surface area contributed by atoms with Gasteiger partial charge in [-0.05, 0) is 44.9 Å². The molecule has 4 rings (SSSR count). The van der Waals surface area contributed by atoms with Crippen LogP contribution in [0.25, 0.3) is 17.2 Å². The zero-order chi connectivity index (χ0) is 26.5. The molecule has 188 valence electrons. The number of carbonyl (C=O) groups excluding carboxylic acids is 2. The second kappa shape index (κ2) is 8.81. The quantitative estimate of drug-likeness (QED) is 0.591. The number of nitrogens with zero attached hydrogens (tertiary/aromatic N) is 2. The van der Waals surface area contributed by atoms with Gasteiger partial charge in [-0.25, -0.2) is 8.78 Å². The lowest BCUT2D eigenvalue weighted by molar-refractivity contribution is -0.194. The van der Waals surface area contributed by atoms with Crippen molar-refractivity contribution in [3.63, 3.8) is 0 Å². The molecule has 6 nitrogen and oxygen atoms in total. The van der Waals surface area contributed by atoms with Crippen LogP contribution >= 0.6 is 0 Å². The molecule has 1 aromatic heterocycles. The van der Waals surface area contributed by atoms with Crippen LogP contribution in [0.1, 0.15) is 45.4 Å². The first-order chi connectivity index (χ1) is 16.9. The lowest BCUT2D eigenvalue weighted by atomic mass is 9.48. The van der Waals surface area contributed by atoms with Gasteiger partial charge in [-0.1, -0.05) is 37.3 Å². The molecule has 1 aromatic carbocycles. The highest BCUT2D eigenvalue weighted by Gasteiger charge is 2.73. The molecule has 5 atom stereocenters. The summed E-state index contributed by atoms with van der Waals surface area (Å²) in [5, 5.41) is 9.35. The number of nitrogens with two attached hydrogens (primary N) is 1. The first kappa shape index (κ1) is 25.5. The molecule has 2 heterocycles. The fourth-order valence-corrected chi connectivity index (χ4v) is 5.95. The number of pyridine rings is 1. The van der Waals surface area contributed by atoms with E-state index in [4.69, 9.17) is 10.5 Å². The van der Waals surface area contributed by atoms with Gasteiger partial charge in [0.05, 0.1) is 28.2 Å². The summed E-state index contributed by atoms with van der Waals surface area (Å²) in [4.78, 5) is 29.9. The van der Waals surface area contributed by atoms with Gasteiger partial charge in [-0.3, -0.25) is 14.6 Å². The van der Waals surface area contributed by atoms with Crippen molar-refractivity contribution in [1.82, 2.24) is 4.98 Å². The summed E-state index contributed by atoms with van der Waals surface area (Å²) in [5.41, 5.74) is 4.91. The van der Waals surface area contributed by atoms with Gasteiger partial charge < -0.3 is 10.5 Å². The fourth-order valence-electron chi connectivity index (χ4n) is 5.95. The lowest BCUT2D eigenvalue weighted by Crippen LogP contribution is -2.62. The van der Waals surface area contributed by atoms with Crippen LogP contribution < -0.4 is 5.73 Å². The standard InChI is InChI=1S/C28H29F2N3O3/c1-16-21(12-11-20-10-9-19(14-33-20)22-8-6-5-7-18(22)13-31)23-17(2)36-25(35)27(23,15-28(16,29)30)26(3,4)24(32)34/h5-12,14,16-17,21,23H,15H2,1-4H3,(H2,32,34). The SMILES string of the molecule is CC1OC(=O)C2(C(C)(C)C(N)=O)CC(F)(F)C(C)C(C=Cc3ccc(-c4ccccc4C#N)cn3)C12. The summed E-state index contributed by atoms with van der Waals surface area (Å²) < 4.78 is 36.4. The van der Waals surface area contributed by atoms with Crippen molar-refractivity contribution in [1.29, 1.82) is 5.26 Å². The molecule has 5 unspecified atom stereocenters. The largest absolute Gasteiger partial charge is 0.462 e. The summed E-state index contributed by atoms with van der Waals surface area (Å²) in [6, 6.07) is 12.9. The highest BCUT2D eigenvalue weighted by Crippen LogP contribution is 2.65. The van der Waals surface area contributed by atoms with E-state index >= 15 is 8.78 Å². The van der Waals surface area contributed by atoms with Crippen molar-refractivity contribution in [3.8, 4) is 17.2 Å². The third-order valence-corrected chi connectivity index (χ3v) is 8.27. The van der Waals surface area contributed by atoms with E-state index in [1.165, 1.54) is 20.8 Å². The summed E-state index contributed by atoms with van der Waals surface area (Å²) in [6.07, 6.45) is 3.47. The van der Waals surface area contributed by atoms with Crippen molar-refractivity contribution < 1.29 is 23.1 Å². The number of esters is 1. The summed E-state index contributed by atoms with van der Waals surface area (Å²) in [7, 11) is 0. The number of ether oxygens (including phenoxy) is 1. The van der Waals surface area contributed by atoms with Gasteiger partial charge in [0.2, 0.25) is 5.91 Å². The van der Waals surface area contributed by atoms with Gasteiger partial charge in [-0.15, -0.1) is 0 Å². The first-order valence-electron chi connectivity index (χ1n) is 11.9. The Morgan fingerprint density at radius 1 is 1.25 bits per heavy atom. The molecule has 2 N–H and O–H groups in total. The molecule has 1 amide bonds. The zero-order valence-electron chi connectivity index (χ0n) is 20.7. The molecule has 2 aliphatic rings. The van der Waals surface area contributed by atoms with E-state index in [1.54, 1.807) is 43.5 Å². The normalized spacial score (nSPS) is 29.4. The topological polar surface area (TPSA) is 106 Å². The Labute approximate surface area is 209 Å². The molecule has 1 saturated carbocycles. The van der Waals surface area contributed by atoms with Gasteiger partial charge in [-0.2, -0.15) is 5.26 Å². The molecule has 1 aliphatic heterocycles. The lowest BCUT2D eigenvalue weighted by Gasteiger charge is -2.53. The van der Waals surface area contributed by atoms with Crippen molar-refractivity contribution in [2.75, 3.05) is 0 Å². The molecule has 2 fully saturated rings. The predicted octanol–water partition coefficient (Wildman–Crippen LogP) is 4.98. The van der Waals surface area contributed by atoms with Crippen molar-refractivity contribution in [2.45, 2.75) is 46.1 Å². The maximum atomic E-state index is 15.4. The van der Waals surface area contributed by atoms with Gasteiger partial charge in [0.15, 0.2) is 0 Å². The van der Waals surface area contributed by atoms with Gasteiger partial charge in [0.1, 0.15) is 6.10 Å². The minimum absolute atomic E-state index is 0.522. The number of alkyl halides is 2. The number of benzene rings is 1. The number of nitriles is 1. The van der Waals surface area contributed by atoms with E-state index in [2.05, 4.69) is 11.1 Å². The van der Waals surface area contributed by atoms with E-state index in [1.807, 2.05) is 18.2 Å². The molecular formula is C28H29F2N3O3. The van der Waals surface area contributed by atoms with E-state index in [9.17, 15) is 14.9 Å². The predicted molar refractivity (Wildman–Crippen MR) is 130 cm³/mol. The maximum Gasteiger partial charge on any atom is 0.314 e. The Kier molecular flexibility index (Phi) is 6.24. The smallest absolute Gasteiger partial charge is 0.314 e. The second-order valence-corrected chi connectivity index (χ2v) is 10.4. The number of fused-ring (bicyclic) bond motifs is 1. The van der Waals surface area contributed by atoms with Crippen molar-refractivity contribution >= 4 is 18.0 Å². The number of primary amides is 1. The van der Waals surface area contributed by atoms with E-state index < -0.39 is 58.9 Å². The Morgan fingerprint density at radius 3 is 2.56 bits per heavy atom. The molecule has 1 aliphatic carbocycles. The maximum absolute atomic E-state index is 15.4. The second-order valence-electron chi connectivity index (χ2n) is 10.4. The highest BCUT2D eigenvalue weighted by molar-refractivity contribution is 5.91. The summed E-state index contributed by atoms with van der Waals surface area (Å²) in [5.74, 6) is -7.38. The molecule has 0 bridgehead atoms. The Morgan fingerprint density at radius 2 is 1.94 bits per heavy atom. The van der Waals surface area contributed by atoms with Crippen LogP contribution in [0.3, 0.4) is 0 Å². The third kappa shape index (κ3) is 3.78. The number of hydrogen-bond donors (Lipinski definition) is 1. The summed E-state index contributed by atoms with van der Waals surface area (Å²) >= 11 is 0. The van der Waals surface area contributed by atoms with Gasteiger partial charge in [0.25, 0.3) is 5.92 Å². The van der Waals surface area contributed by atoms with E-state index in [-0.39, 0.29) is 0 Å². The zero-order valence-corrected chi connectivity index (χ0v) is 20.7. The van der Waals surface area contributed by atoms with Gasteiger partial charge in [0, 0.05) is 35.6 Å². The number of aromatic nitrogens is 1. The van der Waals surface area contributed by atoms with E-state index in [0.29, 0.717) is 11.3 Å². The molecule has 8 heteroatoms. The average Bonchev–Trinajstić information content (AvgIpc) is 3.09. The fraction of sp³-hybridized carbons (Fsp3) is 0.429. The van der Waals surface area contributed by atoms with Crippen LogP contribution in [0, 0.1) is 39.9 Å². The van der Waals surface area contributed by atoms with E-state index in [0.717, 1.165) is 11.1 Å².